The SMILES string of the molecule is N#Cc1c(Cl)cccc1Sc1ccccc1. The van der Waals surface area contributed by atoms with Crippen LogP contribution in [-0.4, -0.2) is 0 Å². The first kappa shape index (κ1) is 11.1. The van der Waals surface area contributed by atoms with Gasteiger partial charge in [-0.25, -0.2) is 0 Å². The summed E-state index contributed by atoms with van der Waals surface area (Å²) in [7, 11) is 0. The summed E-state index contributed by atoms with van der Waals surface area (Å²) in [6.07, 6.45) is 0. The highest BCUT2D eigenvalue weighted by molar-refractivity contribution is 7.99. The summed E-state index contributed by atoms with van der Waals surface area (Å²) in [5.74, 6) is 0. The van der Waals surface area contributed by atoms with Crippen LogP contribution in [0.25, 0.3) is 0 Å². The van der Waals surface area contributed by atoms with E-state index < -0.39 is 0 Å². The largest absolute Gasteiger partial charge is 0.192 e. The second-order valence-corrected chi connectivity index (χ2v) is 4.66. The molecule has 2 aromatic carbocycles. The summed E-state index contributed by atoms with van der Waals surface area (Å²) in [6, 6.07) is 17.5. The zero-order chi connectivity index (χ0) is 11.4. The third-order valence-electron chi connectivity index (χ3n) is 2.06. The number of halogens is 1. The molecule has 0 spiro atoms. The Hall–Kier alpha value is -1.43. The maximum atomic E-state index is 9.03. The van der Waals surface area contributed by atoms with Crippen molar-refractivity contribution in [1.82, 2.24) is 0 Å². The minimum absolute atomic E-state index is 0.503. The van der Waals surface area contributed by atoms with Gasteiger partial charge in [-0.15, -0.1) is 0 Å². The lowest BCUT2D eigenvalue weighted by molar-refractivity contribution is 1.35. The Morgan fingerprint density at radius 3 is 2.44 bits per heavy atom. The van der Waals surface area contributed by atoms with E-state index >= 15 is 0 Å². The molecule has 0 atom stereocenters. The number of rotatable bonds is 2. The van der Waals surface area contributed by atoms with Crippen LogP contribution in [0.5, 0.6) is 0 Å². The second kappa shape index (κ2) is 5.07. The first-order valence-electron chi connectivity index (χ1n) is 4.73. The van der Waals surface area contributed by atoms with Gasteiger partial charge in [0.15, 0.2) is 0 Å². The topological polar surface area (TPSA) is 23.8 Å². The molecule has 0 saturated heterocycles. The fourth-order valence-electron chi connectivity index (χ4n) is 1.31. The molecule has 0 unspecified atom stereocenters. The molecule has 0 aliphatic carbocycles. The molecule has 0 aromatic heterocycles. The minimum atomic E-state index is 0.503. The van der Waals surface area contributed by atoms with E-state index in [1.54, 1.807) is 17.8 Å². The lowest BCUT2D eigenvalue weighted by Crippen LogP contribution is -1.82. The molecule has 0 aliphatic heterocycles. The summed E-state index contributed by atoms with van der Waals surface area (Å²) >= 11 is 7.51. The Bertz CT molecular complexity index is 531. The first-order valence-corrected chi connectivity index (χ1v) is 5.92. The molecule has 3 heteroatoms. The third-order valence-corrected chi connectivity index (χ3v) is 3.44. The molecule has 0 aliphatic rings. The molecule has 0 saturated carbocycles. The van der Waals surface area contributed by atoms with Crippen molar-refractivity contribution in [3.63, 3.8) is 0 Å². The Morgan fingerprint density at radius 2 is 1.75 bits per heavy atom. The fraction of sp³-hybridized carbons (Fsp3) is 0. The van der Waals surface area contributed by atoms with Crippen LogP contribution in [0.2, 0.25) is 5.02 Å². The summed E-state index contributed by atoms with van der Waals surface area (Å²) < 4.78 is 0. The van der Waals surface area contributed by atoms with Crippen LogP contribution in [-0.2, 0) is 0 Å². The molecular formula is C13H8ClNS. The molecule has 16 heavy (non-hydrogen) atoms. The van der Waals surface area contributed by atoms with E-state index in [0.29, 0.717) is 10.6 Å². The minimum Gasteiger partial charge on any atom is -0.192 e. The predicted octanol–water partition coefficient (Wildman–Crippen LogP) is 4.36. The Balaban J connectivity index is 2.36. The molecule has 0 radical (unpaired) electrons. The van der Waals surface area contributed by atoms with Gasteiger partial charge in [-0.3, -0.25) is 0 Å². The van der Waals surface area contributed by atoms with Crippen LogP contribution in [0.3, 0.4) is 0 Å². The molecule has 2 aromatic rings. The van der Waals surface area contributed by atoms with Crippen LogP contribution in [0.1, 0.15) is 5.56 Å². The number of hydrogen-bond donors (Lipinski definition) is 0. The van der Waals surface area contributed by atoms with Crippen molar-refractivity contribution in [2.24, 2.45) is 0 Å². The quantitative estimate of drug-likeness (QED) is 0.785. The zero-order valence-corrected chi connectivity index (χ0v) is 9.92. The average molecular weight is 246 g/mol. The number of hydrogen-bond acceptors (Lipinski definition) is 2. The fourth-order valence-corrected chi connectivity index (χ4v) is 2.54. The third kappa shape index (κ3) is 2.38. The predicted molar refractivity (Wildman–Crippen MR) is 66.7 cm³/mol. The summed E-state index contributed by atoms with van der Waals surface area (Å²) in [4.78, 5) is 1.99. The number of benzene rings is 2. The molecule has 78 valence electrons. The van der Waals surface area contributed by atoms with Gasteiger partial charge in [-0.2, -0.15) is 5.26 Å². The molecule has 0 bridgehead atoms. The molecular weight excluding hydrogens is 238 g/mol. The Morgan fingerprint density at radius 1 is 1.00 bits per heavy atom. The molecule has 1 nitrogen and oxygen atoms in total. The van der Waals surface area contributed by atoms with E-state index in [9.17, 15) is 0 Å². The Labute approximate surface area is 104 Å². The maximum absolute atomic E-state index is 9.03. The van der Waals surface area contributed by atoms with Crippen LogP contribution < -0.4 is 0 Å². The van der Waals surface area contributed by atoms with Crippen molar-refractivity contribution in [1.29, 1.82) is 5.26 Å². The summed E-state index contributed by atoms with van der Waals surface area (Å²) in [6.45, 7) is 0. The van der Waals surface area contributed by atoms with Gasteiger partial charge < -0.3 is 0 Å². The van der Waals surface area contributed by atoms with Gasteiger partial charge in [-0.1, -0.05) is 47.6 Å². The zero-order valence-electron chi connectivity index (χ0n) is 8.35. The molecule has 0 amide bonds. The monoisotopic (exact) mass is 245 g/mol. The van der Waals surface area contributed by atoms with Gasteiger partial charge in [-0.05, 0) is 24.3 Å². The van der Waals surface area contributed by atoms with Crippen molar-refractivity contribution in [3.8, 4) is 6.07 Å². The van der Waals surface area contributed by atoms with E-state index in [2.05, 4.69) is 6.07 Å². The van der Waals surface area contributed by atoms with E-state index in [1.807, 2.05) is 42.5 Å². The van der Waals surface area contributed by atoms with Gasteiger partial charge >= 0.3 is 0 Å². The van der Waals surface area contributed by atoms with E-state index in [1.165, 1.54) is 0 Å². The molecule has 0 N–H and O–H groups in total. The smallest absolute Gasteiger partial charge is 0.102 e. The second-order valence-electron chi connectivity index (χ2n) is 3.14. The highest BCUT2D eigenvalue weighted by Crippen LogP contribution is 2.32. The van der Waals surface area contributed by atoms with Crippen molar-refractivity contribution >= 4 is 23.4 Å². The number of nitriles is 1. The first-order chi connectivity index (χ1) is 7.81. The van der Waals surface area contributed by atoms with Crippen molar-refractivity contribution in [3.05, 3.63) is 59.1 Å². The summed E-state index contributed by atoms with van der Waals surface area (Å²) in [5, 5.41) is 9.53. The lowest BCUT2D eigenvalue weighted by Gasteiger charge is -2.04. The highest BCUT2D eigenvalue weighted by atomic mass is 35.5. The Kier molecular flexibility index (Phi) is 3.51. The average Bonchev–Trinajstić information content (AvgIpc) is 2.31. The summed E-state index contributed by atoms with van der Waals surface area (Å²) in [5.41, 5.74) is 0.540. The van der Waals surface area contributed by atoms with Crippen LogP contribution in [0, 0.1) is 11.3 Å². The van der Waals surface area contributed by atoms with E-state index in [4.69, 9.17) is 16.9 Å². The van der Waals surface area contributed by atoms with Gasteiger partial charge in [0, 0.05) is 9.79 Å². The molecule has 2 rings (SSSR count). The normalized spacial score (nSPS) is 9.75. The van der Waals surface area contributed by atoms with Gasteiger partial charge in [0.05, 0.1) is 10.6 Å². The number of nitrogens with zero attached hydrogens (tertiary/aromatic N) is 1. The van der Waals surface area contributed by atoms with E-state index in [-0.39, 0.29) is 0 Å². The maximum Gasteiger partial charge on any atom is 0.102 e. The van der Waals surface area contributed by atoms with Crippen LogP contribution in [0.4, 0.5) is 0 Å². The lowest BCUT2D eigenvalue weighted by atomic mass is 10.2. The van der Waals surface area contributed by atoms with Gasteiger partial charge in [0.1, 0.15) is 6.07 Å². The van der Waals surface area contributed by atoms with E-state index in [0.717, 1.165) is 9.79 Å². The molecule has 0 fully saturated rings. The highest BCUT2D eigenvalue weighted by Gasteiger charge is 2.07. The van der Waals surface area contributed by atoms with Crippen molar-refractivity contribution < 1.29 is 0 Å². The van der Waals surface area contributed by atoms with Crippen molar-refractivity contribution in [2.75, 3.05) is 0 Å². The van der Waals surface area contributed by atoms with Gasteiger partial charge in [0.25, 0.3) is 0 Å². The van der Waals surface area contributed by atoms with Gasteiger partial charge in [0.2, 0.25) is 0 Å². The van der Waals surface area contributed by atoms with Crippen LogP contribution >= 0.6 is 23.4 Å². The standard InChI is InChI=1S/C13H8ClNS/c14-12-7-4-8-13(11(12)9-15)16-10-5-2-1-3-6-10/h1-8H. The van der Waals surface area contributed by atoms with Crippen molar-refractivity contribution in [2.45, 2.75) is 9.79 Å². The molecule has 0 heterocycles. The van der Waals surface area contributed by atoms with Crippen LogP contribution in [0.15, 0.2) is 58.3 Å².